The summed E-state index contributed by atoms with van der Waals surface area (Å²) in [6, 6.07) is 8.05. The summed E-state index contributed by atoms with van der Waals surface area (Å²) in [6.45, 7) is 0.639. The SMILES string of the molecule is NCCSc1ccc(NC(=O)CC23CCCC(CCC2)C3)c2cccnc12. The van der Waals surface area contributed by atoms with Gasteiger partial charge in [-0.3, -0.25) is 9.78 Å². The average Bonchev–Trinajstić information content (AvgIpc) is 2.67. The van der Waals surface area contributed by atoms with E-state index in [1.165, 1.54) is 44.9 Å². The molecule has 1 aromatic heterocycles. The average molecular weight is 384 g/mol. The molecule has 144 valence electrons. The highest BCUT2D eigenvalue weighted by Gasteiger charge is 2.40. The fourth-order valence-corrected chi connectivity index (χ4v) is 5.95. The number of nitrogens with zero attached hydrogens (tertiary/aromatic N) is 1. The molecule has 3 N–H and O–H groups in total. The highest BCUT2D eigenvalue weighted by atomic mass is 32.2. The molecule has 4 rings (SSSR count). The Labute approximate surface area is 165 Å². The topological polar surface area (TPSA) is 68.0 Å². The molecule has 2 fully saturated rings. The maximum Gasteiger partial charge on any atom is 0.224 e. The summed E-state index contributed by atoms with van der Waals surface area (Å²) in [7, 11) is 0. The Morgan fingerprint density at radius 3 is 2.85 bits per heavy atom. The number of nitrogens with two attached hydrogens (primary N) is 1. The van der Waals surface area contributed by atoms with Crippen LogP contribution in [0.2, 0.25) is 0 Å². The quantitative estimate of drug-likeness (QED) is 0.691. The third-order valence-corrected chi connectivity index (χ3v) is 7.36. The smallest absolute Gasteiger partial charge is 0.224 e. The van der Waals surface area contributed by atoms with E-state index in [2.05, 4.69) is 16.4 Å². The second-order valence-corrected chi connectivity index (χ2v) is 9.36. The van der Waals surface area contributed by atoms with E-state index in [0.29, 0.717) is 13.0 Å². The molecule has 2 aromatic rings. The lowest BCUT2D eigenvalue weighted by Crippen LogP contribution is -2.36. The minimum absolute atomic E-state index is 0.157. The first-order valence-corrected chi connectivity index (χ1v) is 11.2. The van der Waals surface area contributed by atoms with E-state index >= 15 is 0 Å². The molecular weight excluding hydrogens is 354 g/mol. The number of aromatic nitrogens is 1. The molecule has 1 amide bonds. The Bertz CT molecular complexity index is 812. The number of carbonyl (C=O) groups excluding carboxylic acids is 1. The van der Waals surface area contributed by atoms with E-state index in [-0.39, 0.29) is 11.3 Å². The van der Waals surface area contributed by atoms with Crippen LogP contribution in [0.25, 0.3) is 10.9 Å². The molecule has 0 radical (unpaired) electrons. The summed E-state index contributed by atoms with van der Waals surface area (Å²) in [6.07, 6.45) is 11.5. The van der Waals surface area contributed by atoms with Gasteiger partial charge in [0.1, 0.15) is 0 Å². The van der Waals surface area contributed by atoms with Crippen molar-refractivity contribution in [2.24, 2.45) is 17.1 Å². The summed E-state index contributed by atoms with van der Waals surface area (Å²) in [5, 5.41) is 4.21. The molecule has 4 nitrogen and oxygen atoms in total. The van der Waals surface area contributed by atoms with Crippen LogP contribution in [0.3, 0.4) is 0 Å². The van der Waals surface area contributed by atoms with Gasteiger partial charge < -0.3 is 11.1 Å². The number of rotatable bonds is 6. The largest absolute Gasteiger partial charge is 0.330 e. The van der Waals surface area contributed by atoms with Crippen LogP contribution in [-0.2, 0) is 4.79 Å². The van der Waals surface area contributed by atoms with Gasteiger partial charge >= 0.3 is 0 Å². The van der Waals surface area contributed by atoms with Crippen molar-refractivity contribution in [1.82, 2.24) is 4.98 Å². The number of hydrogen-bond donors (Lipinski definition) is 2. The lowest BCUT2D eigenvalue weighted by atomic mass is 9.60. The molecule has 0 atom stereocenters. The van der Waals surface area contributed by atoms with Gasteiger partial charge in [0.25, 0.3) is 0 Å². The van der Waals surface area contributed by atoms with Crippen molar-refractivity contribution >= 4 is 34.3 Å². The van der Waals surface area contributed by atoms with Crippen LogP contribution >= 0.6 is 11.8 Å². The normalized spacial score (nSPS) is 24.7. The molecule has 2 bridgehead atoms. The van der Waals surface area contributed by atoms with Crippen LogP contribution in [0.4, 0.5) is 5.69 Å². The number of benzene rings is 1. The molecule has 5 heteroatoms. The molecule has 2 aliphatic carbocycles. The van der Waals surface area contributed by atoms with Crippen molar-refractivity contribution in [3.63, 3.8) is 0 Å². The number of anilines is 1. The maximum atomic E-state index is 12.9. The Morgan fingerprint density at radius 1 is 1.26 bits per heavy atom. The minimum Gasteiger partial charge on any atom is -0.330 e. The van der Waals surface area contributed by atoms with Crippen LogP contribution in [0, 0.1) is 11.3 Å². The lowest BCUT2D eigenvalue weighted by Gasteiger charge is -2.45. The van der Waals surface area contributed by atoms with Gasteiger partial charge in [0.05, 0.1) is 11.2 Å². The van der Waals surface area contributed by atoms with E-state index in [1.807, 2.05) is 24.4 Å². The molecule has 1 heterocycles. The van der Waals surface area contributed by atoms with Crippen LogP contribution in [0.1, 0.15) is 51.4 Å². The predicted octanol–water partition coefficient (Wildman–Crippen LogP) is 4.97. The van der Waals surface area contributed by atoms with E-state index in [1.54, 1.807) is 11.8 Å². The highest BCUT2D eigenvalue weighted by molar-refractivity contribution is 7.99. The monoisotopic (exact) mass is 383 g/mol. The number of pyridine rings is 1. The maximum absolute atomic E-state index is 12.9. The third kappa shape index (κ3) is 4.14. The summed E-state index contributed by atoms with van der Waals surface area (Å²) < 4.78 is 0. The van der Waals surface area contributed by atoms with Crippen molar-refractivity contribution in [3.8, 4) is 0 Å². The molecule has 2 aliphatic rings. The molecule has 0 aliphatic heterocycles. The minimum atomic E-state index is 0.157. The van der Waals surface area contributed by atoms with Gasteiger partial charge in [-0.25, -0.2) is 0 Å². The van der Waals surface area contributed by atoms with E-state index < -0.39 is 0 Å². The number of thioether (sulfide) groups is 1. The van der Waals surface area contributed by atoms with Gasteiger partial charge in [-0.1, -0.05) is 25.7 Å². The standard InChI is InChI=1S/C22H29N3OS/c23-11-13-27-19-8-7-18(17-6-3-12-24-21(17)19)25-20(26)15-22-9-1-4-16(14-22)5-2-10-22/h3,6-8,12,16H,1-2,4-5,9-11,13-15,23H2,(H,25,26). The van der Waals surface area contributed by atoms with Crippen LogP contribution in [0.15, 0.2) is 35.4 Å². The van der Waals surface area contributed by atoms with E-state index in [4.69, 9.17) is 5.73 Å². The molecule has 27 heavy (non-hydrogen) atoms. The predicted molar refractivity (Wildman–Crippen MR) is 113 cm³/mol. The van der Waals surface area contributed by atoms with Crippen molar-refractivity contribution < 1.29 is 4.79 Å². The molecule has 1 aromatic carbocycles. The zero-order valence-electron chi connectivity index (χ0n) is 15.9. The summed E-state index contributed by atoms with van der Waals surface area (Å²) >= 11 is 1.72. The number of amides is 1. The van der Waals surface area contributed by atoms with E-state index in [9.17, 15) is 4.79 Å². The summed E-state index contributed by atoms with van der Waals surface area (Å²) in [5.74, 6) is 1.87. The molecular formula is C22H29N3OS. The van der Waals surface area contributed by atoms with E-state index in [0.717, 1.165) is 33.2 Å². The highest BCUT2D eigenvalue weighted by Crippen LogP contribution is 2.51. The molecule has 2 saturated carbocycles. The van der Waals surface area contributed by atoms with Gasteiger partial charge in [-0.15, -0.1) is 11.8 Å². The Kier molecular flexibility index (Phi) is 5.69. The molecule has 0 saturated heterocycles. The van der Waals surface area contributed by atoms with Gasteiger partial charge in [0.2, 0.25) is 5.91 Å². The number of hydrogen-bond acceptors (Lipinski definition) is 4. The Morgan fingerprint density at radius 2 is 2.07 bits per heavy atom. The molecule has 0 unspecified atom stereocenters. The Balaban J connectivity index is 1.52. The van der Waals surface area contributed by atoms with Crippen molar-refractivity contribution in [1.29, 1.82) is 0 Å². The second-order valence-electron chi connectivity index (χ2n) is 8.23. The first-order chi connectivity index (χ1) is 13.2. The van der Waals surface area contributed by atoms with Crippen LogP contribution < -0.4 is 11.1 Å². The number of carbonyl (C=O) groups is 1. The van der Waals surface area contributed by atoms with Crippen molar-refractivity contribution in [2.45, 2.75) is 56.3 Å². The summed E-state index contributed by atoms with van der Waals surface area (Å²) in [5.41, 5.74) is 7.71. The van der Waals surface area contributed by atoms with Gasteiger partial charge in [-0.05, 0) is 54.9 Å². The first kappa shape index (κ1) is 18.8. The summed E-state index contributed by atoms with van der Waals surface area (Å²) in [4.78, 5) is 18.6. The Hall–Kier alpha value is -1.59. The van der Waals surface area contributed by atoms with Crippen LogP contribution in [0.5, 0.6) is 0 Å². The zero-order chi connectivity index (χ0) is 18.7. The van der Waals surface area contributed by atoms with Crippen molar-refractivity contribution in [2.75, 3.05) is 17.6 Å². The van der Waals surface area contributed by atoms with Gasteiger partial charge in [0.15, 0.2) is 0 Å². The van der Waals surface area contributed by atoms with Crippen LogP contribution in [-0.4, -0.2) is 23.2 Å². The lowest BCUT2D eigenvalue weighted by molar-refractivity contribution is -0.120. The van der Waals surface area contributed by atoms with Gasteiger partial charge in [0, 0.05) is 35.2 Å². The third-order valence-electron chi connectivity index (χ3n) is 6.28. The second kappa shape index (κ2) is 8.19. The first-order valence-electron chi connectivity index (χ1n) is 10.2. The van der Waals surface area contributed by atoms with Gasteiger partial charge in [-0.2, -0.15) is 0 Å². The molecule has 0 spiro atoms. The van der Waals surface area contributed by atoms with Crippen molar-refractivity contribution in [3.05, 3.63) is 30.5 Å². The fourth-order valence-electron chi connectivity index (χ4n) is 5.15. The number of nitrogens with one attached hydrogen (secondary N) is 1. The zero-order valence-corrected chi connectivity index (χ0v) is 16.7. The number of fused-ring (bicyclic) bond motifs is 3. The fraction of sp³-hybridized carbons (Fsp3) is 0.545.